The third-order valence-corrected chi connectivity index (χ3v) is 4.34. The van der Waals surface area contributed by atoms with Crippen molar-refractivity contribution in [3.63, 3.8) is 0 Å². The van der Waals surface area contributed by atoms with Crippen molar-refractivity contribution in [2.45, 2.75) is 0 Å². The van der Waals surface area contributed by atoms with Gasteiger partial charge in [0.25, 0.3) is 11.8 Å². The van der Waals surface area contributed by atoms with E-state index >= 15 is 0 Å². The summed E-state index contributed by atoms with van der Waals surface area (Å²) in [6.07, 6.45) is 4.81. The minimum Gasteiger partial charge on any atom is -0.508 e. The van der Waals surface area contributed by atoms with E-state index in [4.69, 9.17) is 0 Å². The molecule has 146 valence electrons. The van der Waals surface area contributed by atoms with Gasteiger partial charge < -0.3 is 15.7 Å². The molecule has 0 saturated carbocycles. The maximum Gasteiger partial charge on any atom is 0.275 e. The molecule has 0 bridgehead atoms. The van der Waals surface area contributed by atoms with E-state index in [9.17, 15) is 14.7 Å². The first-order valence-corrected chi connectivity index (χ1v) is 8.67. The van der Waals surface area contributed by atoms with Gasteiger partial charge >= 0.3 is 0 Å². The molecule has 0 unspecified atom stereocenters. The van der Waals surface area contributed by atoms with Crippen molar-refractivity contribution in [2.24, 2.45) is 7.05 Å². The Bertz CT molecular complexity index is 1240. The van der Waals surface area contributed by atoms with Crippen LogP contribution in [0.5, 0.6) is 5.75 Å². The number of phenolic OH excluding ortho intramolecular Hbond substituents is 1. The lowest BCUT2D eigenvalue weighted by Crippen LogP contribution is -2.24. The molecule has 1 aromatic carbocycles. The standard InChI is InChI=1S/C19H17N7O3/c1-20-17(28)13-9-21-25(2)16(13)18(29)23-15-6-7-26-10-14(22-19(26)24-15)11-4-3-5-12(27)8-11/h3-10,27H,1-2H3,(H,20,28)(H,22,23,24,29). The van der Waals surface area contributed by atoms with E-state index in [2.05, 4.69) is 25.7 Å². The predicted octanol–water partition coefficient (Wildman–Crippen LogP) is 1.45. The van der Waals surface area contributed by atoms with Gasteiger partial charge in [-0.3, -0.25) is 18.7 Å². The van der Waals surface area contributed by atoms with E-state index in [0.717, 1.165) is 5.56 Å². The Kier molecular flexibility index (Phi) is 4.43. The van der Waals surface area contributed by atoms with Crippen LogP contribution in [0.4, 0.5) is 5.82 Å². The smallest absolute Gasteiger partial charge is 0.275 e. The van der Waals surface area contributed by atoms with Crippen LogP contribution < -0.4 is 10.6 Å². The zero-order chi connectivity index (χ0) is 20.5. The molecular weight excluding hydrogens is 374 g/mol. The quantitative estimate of drug-likeness (QED) is 0.483. The second-order valence-electron chi connectivity index (χ2n) is 6.26. The largest absolute Gasteiger partial charge is 0.508 e. The van der Waals surface area contributed by atoms with E-state index in [1.54, 1.807) is 48.1 Å². The zero-order valence-corrected chi connectivity index (χ0v) is 15.6. The predicted molar refractivity (Wildman–Crippen MR) is 105 cm³/mol. The Labute approximate surface area is 164 Å². The van der Waals surface area contributed by atoms with E-state index < -0.39 is 11.8 Å². The number of aromatic hydroxyl groups is 1. The van der Waals surface area contributed by atoms with Crippen LogP contribution in [0.2, 0.25) is 0 Å². The molecule has 3 heterocycles. The fraction of sp³-hybridized carbons (Fsp3) is 0.105. The normalized spacial score (nSPS) is 10.8. The van der Waals surface area contributed by atoms with Crippen LogP contribution in [0.25, 0.3) is 17.0 Å². The fourth-order valence-electron chi connectivity index (χ4n) is 2.93. The number of nitrogens with zero attached hydrogens (tertiary/aromatic N) is 5. The van der Waals surface area contributed by atoms with Gasteiger partial charge in [-0.2, -0.15) is 10.1 Å². The third-order valence-electron chi connectivity index (χ3n) is 4.34. The number of hydrogen-bond donors (Lipinski definition) is 3. The first-order valence-electron chi connectivity index (χ1n) is 8.67. The summed E-state index contributed by atoms with van der Waals surface area (Å²) in [5.41, 5.74) is 1.66. The summed E-state index contributed by atoms with van der Waals surface area (Å²) < 4.78 is 3.03. The Morgan fingerprint density at radius 2 is 1.97 bits per heavy atom. The number of imidazole rings is 1. The van der Waals surface area contributed by atoms with Crippen molar-refractivity contribution in [1.82, 2.24) is 29.5 Å². The maximum atomic E-state index is 12.7. The third kappa shape index (κ3) is 3.38. The average molecular weight is 391 g/mol. The molecule has 3 N–H and O–H groups in total. The monoisotopic (exact) mass is 391 g/mol. The number of anilines is 1. The average Bonchev–Trinajstić information content (AvgIpc) is 3.30. The first kappa shape index (κ1) is 18.2. The van der Waals surface area contributed by atoms with Crippen LogP contribution in [0, 0.1) is 0 Å². The second-order valence-corrected chi connectivity index (χ2v) is 6.26. The highest BCUT2D eigenvalue weighted by atomic mass is 16.3. The fourth-order valence-corrected chi connectivity index (χ4v) is 2.93. The van der Waals surface area contributed by atoms with Crippen molar-refractivity contribution in [3.05, 3.63) is 60.2 Å². The molecule has 0 aliphatic heterocycles. The van der Waals surface area contributed by atoms with Crippen molar-refractivity contribution in [3.8, 4) is 17.0 Å². The molecule has 10 nitrogen and oxygen atoms in total. The van der Waals surface area contributed by atoms with Gasteiger partial charge in [0.2, 0.25) is 5.78 Å². The summed E-state index contributed by atoms with van der Waals surface area (Å²) >= 11 is 0. The SMILES string of the molecule is CNC(=O)c1cnn(C)c1C(=O)Nc1ccn2cc(-c3cccc(O)c3)nc2n1. The van der Waals surface area contributed by atoms with Crippen LogP contribution in [-0.2, 0) is 7.05 Å². The van der Waals surface area contributed by atoms with Gasteiger partial charge in [-0.1, -0.05) is 12.1 Å². The Hall–Kier alpha value is -4.21. The van der Waals surface area contributed by atoms with Crippen LogP contribution in [0.3, 0.4) is 0 Å². The molecule has 0 radical (unpaired) electrons. The topological polar surface area (TPSA) is 126 Å². The van der Waals surface area contributed by atoms with Crippen LogP contribution in [0.1, 0.15) is 20.8 Å². The molecule has 0 spiro atoms. The molecule has 4 rings (SSSR count). The van der Waals surface area contributed by atoms with Crippen molar-refractivity contribution < 1.29 is 14.7 Å². The zero-order valence-electron chi connectivity index (χ0n) is 15.6. The van der Waals surface area contributed by atoms with Gasteiger partial charge in [0, 0.05) is 32.1 Å². The molecule has 0 saturated heterocycles. The summed E-state index contributed by atoms with van der Waals surface area (Å²) in [5, 5.41) is 18.8. The minimum absolute atomic E-state index is 0.120. The number of hydrogen-bond acceptors (Lipinski definition) is 6. The van der Waals surface area contributed by atoms with Crippen LogP contribution in [0.15, 0.2) is 48.9 Å². The van der Waals surface area contributed by atoms with Gasteiger partial charge in [-0.05, 0) is 18.2 Å². The number of nitrogens with one attached hydrogen (secondary N) is 2. The molecule has 29 heavy (non-hydrogen) atoms. The lowest BCUT2D eigenvalue weighted by molar-refractivity contribution is 0.0946. The Balaban J connectivity index is 1.63. The summed E-state index contributed by atoms with van der Waals surface area (Å²) in [6, 6.07) is 8.36. The van der Waals surface area contributed by atoms with Gasteiger partial charge in [0.05, 0.1) is 17.5 Å². The number of carbonyl (C=O) groups excluding carboxylic acids is 2. The molecule has 0 aliphatic rings. The maximum absolute atomic E-state index is 12.7. The van der Waals surface area contributed by atoms with Crippen molar-refractivity contribution in [2.75, 3.05) is 12.4 Å². The number of benzene rings is 1. The number of fused-ring (bicyclic) bond motifs is 1. The summed E-state index contributed by atoms with van der Waals surface area (Å²) in [7, 11) is 3.06. The highest BCUT2D eigenvalue weighted by molar-refractivity contribution is 6.10. The van der Waals surface area contributed by atoms with Crippen molar-refractivity contribution >= 4 is 23.4 Å². The van der Waals surface area contributed by atoms with E-state index in [0.29, 0.717) is 11.5 Å². The molecule has 2 amide bonds. The van der Waals surface area contributed by atoms with Crippen LogP contribution in [-0.4, -0.2) is 48.1 Å². The first-order chi connectivity index (χ1) is 14.0. The van der Waals surface area contributed by atoms with Gasteiger partial charge in [-0.15, -0.1) is 0 Å². The molecular formula is C19H17N7O3. The number of phenols is 1. The van der Waals surface area contributed by atoms with E-state index in [-0.39, 0.29) is 22.8 Å². The summed E-state index contributed by atoms with van der Waals surface area (Å²) in [5.74, 6) is -0.128. The van der Waals surface area contributed by atoms with Gasteiger partial charge in [-0.25, -0.2) is 4.98 Å². The van der Waals surface area contributed by atoms with Crippen LogP contribution >= 0.6 is 0 Å². The molecule has 3 aromatic heterocycles. The molecule has 0 fully saturated rings. The summed E-state index contributed by atoms with van der Waals surface area (Å²) in [4.78, 5) is 33.4. The Morgan fingerprint density at radius 3 is 2.72 bits per heavy atom. The summed E-state index contributed by atoms with van der Waals surface area (Å²) in [6.45, 7) is 0. The van der Waals surface area contributed by atoms with Gasteiger partial charge in [0.15, 0.2) is 0 Å². The highest BCUT2D eigenvalue weighted by Gasteiger charge is 2.22. The molecule has 4 aromatic rings. The van der Waals surface area contributed by atoms with E-state index in [1.165, 1.54) is 17.9 Å². The Morgan fingerprint density at radius 1 is 1.14 bits per heavy atom. The number of aromatic nitrogens is 5. The second kappa shape index (κ2) is 7.08. The minimum atomic E-state index is -0.514. The van der Waals surface area contributed by atoms with E-state index in [1.807, 2.05) is 6.07 Å². The number of aryl methyl sites for hydroxylation is 1. The number of carbonyl (C=O) groups is 2. The molecule has 10 heteroatoms. The molecule has 0 aliphatic carbocycles. The lowest BCUT2D eigenvalue weighted by atomic mass is 10.2. The van der Waals surface area contributed by atoms with Crippen molar-refractivity contribution in [1.29, 1.82) is 0 Å². The lowest BCUT2D eigenvalue weighted by Gasteiger charge is -2.07. The number of amides is 2. The highest BCUT2D eigenvalue weighted by Crippen LogP contribution is 2.23. The molecule has 0 atom stereocenters. The van der Waals surface area contributed by atoms with Gasteiger partial charge in [0.1, 0.15) is 17.3 Å². The number of rotatable bonds is 4.